The molecule has 2 aliphatic heterocycles. The van der Waals surface area contributed by atoms with Gasteiger partial charge in [0.1, 0.15) is 11.7 Å². The van der Waals surface area contributed by atoms with Gasteiger partial charge in [-0.05, 0) is 30.7 Å². The average Bonchev–Trinajstić information content (AvgIpc) is 2.80. The van der Waals surface area contributed by atoms with Crippen LogP contribution in [-0.2, 0) is 14.4 Å². The number of carbonyl (C=O) groups excluding carboxylic acids is 2. The number of rotatable bonds is 7. The normalized spacial score (nSPS) is 17.6. The number of aromatic nitrogens is 2. The molecular weight excluding hydrogens is 462 g/mol. The first-order valence-corrected chi connectivity index (χ1v) is 10.7. The number of hydrogen-bond acceptors (Lipinski definition) is 9. The van der Waals surface area contributed by atoms with Gasteiger partial charge in [-0.2, -0.15) is 4.98 Å². The summed E-state index contributed by atoms with van der Waals surface area (Å²) in [5.74, 6) is -3.14. The molecule has 0 spiro atoms. The topological polar surface area (TPSA) is 211 Å². The Balaban J connectivity index is 1.46. The first-order chi connectivity index (χ1) is 16.6. The van der Waals surface area contributed by atoms with E-state index in [0.29, 0.717) is 18.1 Å². The summed E-state index contributed by atoms with van der Waals surface area (Å²) in [6.07, 6.45) is -0.656. The predicted octanol–water partition coefficient (Wildman–Crippen LogP) is -0.953. The van der Waals surface area contributed by atoms with Gasteiger partial charge in [0.15, 0.2) is 5.82 Å². The van der Waals surface area contributed by atoms with Gasteiger partial charge in [0, 0.05) is 30.8 Å². The summed E-state index contributed by atoms with van der Waals surface area (Å²) >= 11 is 0. The van der Waals surface area contributed by atoms with E-state index >= 15 is 0 Å². The average molecular weight is 485 g/mol. The van der Waals surface area contributed by atoms with Crippen LogP contribution in [0.25, 0.3) is 0 Å². The van der Waals surface area contributed by atoms with Crippen LogP contribution in [0.5, 0.6) is 0 Å². The zero-order chi connectivity index (χ0) is 25.3. The fraction of sp³-hybridized carbons (Fsp3) is 0.333. The van der Waals surface area contributed by atoms with Gasteiger partial charge >= 0.3 is 11.9 Å². The number of fused-ring (bicyclic) bond motifs is 3. The highest BCUT2D eigenvalue weighted by Crippen LogP contribution is 2.30. The van der Waals surface area contributed by atoms with Crippen molar-refractivity contribution in [2.75, 3.05) is 40.5 Å². The maximum atomic E-state index is 12.9. The maximum absolute atomic E-state index is 12.9. The molecular formula is C21H23N7O7. The lowest BCUT2D eigenvalue weighted by Gasteiger charge is -2.44. The number of hydrogen-bond donors (Lipinski definition) is 6. The second-order valence-corrected chi connectivity index (χ2v) is 8.16. The van der Waals surface area contributed by atoms with Crippen molar-refractivity contribution in [3.05, 3.63) is 40.2 Å². The van der Waals surface area contributed by atoms with Gasteiger partial charge in [-0.25, -0.2) is 4.79 Å². The first-order valence-electron chi connectivity index (χ1n) is 10.7. The lowest BCUT2D eigenvalue weighted by Crippen LogP contribution is -2.61. The van der Waals surface area contributed by atoms with Crippen LogP contribution < -0.4 is 31.7 Å². The third-order valence-electron chi connectivity index (χ3n) is 5.84. The molecule has 14 heteroatoms. The fourth-order valence-corrected chi connectivity index (χ4v) is 4.11. The molecule has 1 fully saturated rings. The molecule has 1 saturated heterocycles. The molecule has 2 atom stereocenters. The highest BCUT2D eigenvalue weighted by atomic mass is 16.4. The monoisotopic (exact) mass is 485 g/mol. The highest BCUT2D eigenvalue weighted by molar-refractivity contribution is 6.00. The molecule has 0 saturated carbocycles. The smallest absolute Gasteiger partial charge is 0.326 e. The Morgan fingerprint density at radius 1 is 1.20 bits per heavy atom. The standard InChI is InChI=1S/C21H23N7O7/c22-21-25-17-16(19(33)26-21)28-9-14(29)27(8-12(28)7-23-17)11-3-1-10(2-4-11)18(32)24-13(20(34)35)5-6-15(30)31/h1-4,12-13H,5-9H2,(H,24,32)(H,30,31)(H,34,35)(H4,22,23,25,26,33)/t12?,13-/m0/s1. The van der Waals surface area contributed by atoms with Gasteiger partial charge in [-0.15, -0.1) is 0 Å². The number of aliphatic carboxylic acids is 2. The van der Waals surface area contributed by atoms with Gasteiger partial charge < -0.3 is 36.4 Å². The van der Waals surface area contributed by atoms with Crippen molar-refractivity contribution in [3.8, 4) is 0 Å². The van der Waals surface area contributed by atoms with Crippen molar-refractivity contribution in [3.63, 3.8) is 0 Å². The number of nitrogens with one attached hydrogen (secondary N) is 3. The van der Waals surface area contributed by atoms with Crippen LogP contribution in [0.4, 0.5) is 23.1 Å². The summed E-state index contributed by atoms with van der Waals surface area (Å²) < 4.78 is 0. The van der Waals surface area contributed by atoms with E-state index in [-0.39, 0.29) is 48.7 Å². The molecule has 1 aromatic heterocycles. The molecule has 0 radical (unpaired) electrons. The van der Waals surface area contributed by atoms with Gasteiger partial charge in [-0.3, -0.25) is 24.2 Å². The molecule has 14 nitrogen and oxygen atoms in total. The second kappa shape index (κ2) is 9.32. The molecule has 2 aliphatic rings. The van der Waals surface area contributed by atoms with Crippen molar-refractivity contribution in [2.45, 2.75) is 24.9 Å². The summed E-state index contributed by atoms with van der Waals surface area (Å²) in [4.78, 5) is 69.6. The number of amides is 2. The van der Waals surface area contributed by atoms with Crippen molar-refractivity contribution in [1.29, 1.82) is 0 Å². The molecule has 2 aromatic rings. The van der Waals surface area contributed by atoms with Crippen molar-refractivity contribution in [1.82, 2.24) is 15.3 Å². The van der Waals surface area contributed by atoms with Crippen LogP contribution in [-0.4, -0.2) is 75.7 Å². The molecule has 1 unspecified atom stereocenters. The van der Waals surface area contributed by atoms with E-state index in [0.717, 1.165) is 0 Å². The zero-order valence-corrected chi connectivity index (χ0v) is 18.4. The molecule has 4 rings (SSSR count). The molecule has 0 aliphatic carbocycles. The van der Waals surface area contributed by atoms with Crippen LogP contribution in [0.15, 0.2) is 29.1 Å². The van der Waals surface area contributed by atoms with E-state index in [4.69, 9.17) is 10.8 Å². The van der Waals surface area contributed by atoms with E-state index in [9.17, 15) is 29.1 Å². The molecule has 35 heavy (non-hydrogen) atoms. The molecule has 7 N–H and O–H groups in total. The van der Waals surface area contributed by atoms with E-state index < -0.39 is 35.9 Å². The summed E-state index contributed by atoms with van der Waals surface area (Å²) in [7, 11) is 0. The largest absolute Gasteiger partial charge is 0.481 e. The number of benzene rings is 1. The molecule has 0 bridgehead atoms. The minimum atomic E-state index is -1.34. The quantitative estimate of drug-likeness (QED) is 0.281. The predicted molar refractivity (Wildman–Crippen MR) is 123 cm³/mol. The third kappa shape index (κ3) is 4.85. The van der Waals surface area contributed by atoms with E-state index in [1.54, 1.807) is 21.9 Å². The van der Waals surface area contributed by atoms with Crippen molar-refractivity contribution >= 4 is 46.9 Å². The minimum absolute atomic E-state index is 0.0228. The van der Waals surface area contributed by atoms with E-state index in [1.165, 1.54) is 12.1 Å². The van der Waals surface area contributed by atoms with Gasteiger partial charge in [0.25, 0.3) is 11.5 Å². The maximum Gasteiger partial charge on any atom is 0.326 e. The highest BCUT2D eigenvalue weighted by Gasteiger charge is 2.38. The number of carboxylic acids is 2. The van der Waals surface area contributed by atoms with Crippen molar-refractivity contribution in [2.24, 2.45) is 0 Å². The zero-order valence-electron chi connectivity index (χ0n) is 18.4. The SMILES string of the molecule is Nc1nc2c(c(=O)[nH]1)N1CC(=O)N(c3ccc(C(=O)N[C@@H](CCC(=O)O)C(=O)O)cc3)CC1CN2. The van der Waals surface area contributed by atoms with Crippen LogP contribution in [0, 0.1) is 0 Å². The Morgan fingerprint density at radius 3 is 2.57 bits per heavy atom. The lowest BCUT2D eigenvalue weighted by molar-refractivity contribution is -0.140. The fourth-order valence-electron chi connectivity index (χ4n) is 4.11. The van der Waals surface area contributed by atoms with E-state index in [1.807, 2.05) is 0 Å². The number of aromatic amines is 1. The van der Waals surface area contributed by atoms with E-state index in [2.05, 4.69) is 20.6 Å². The second-order valence-electron chi connectivity index (χ2n) is 8.16. The minimum Gasteiger partial charge on any atom is -0.481 e. The van der Waals surface area contributed by atoms with Crippen LogP contribution >= 0.6 is 0 Å². The van der Waals surface area contributed by atoms with Gasteiger partial charge in [-0.1, -0.05) is 0 Å². The summed E-state index contributed by atoms with van der Waals surface area (Å²) in [6, 6.07) is 4.48. The summed E-state index contributed by atoms with van der Waals surface area (Å²) in [5.41, 5.74) is 6.10. The number of nitrogen functional groups attached to an aromatic ring is 1. The Kier molecular flexibility index (Phi) is 6.27. The number of nitrogens with zero attached hydrogens (tertiary/aromatic N) is 3. The number of carboxylic acid groups (broad SMARTS) is 2. The Hall–Kier alpha value is -4.62. The number of piperazine rings is 1. The van der Waals surface area contributed by atoms with Crippen LogP contribution in [0.3, 0.4) is 0 Å². The number of anilines is 4. The Morgan fingerprint density at radius 2 is 1.91 bits per heavy atom. The Bertz CT molecular complexity index is 1240. The molecule has 2 amide bonds. The third-order valence-corrected chi connectivity index (χ3v) is 5.84. The molecule has 184 valence electrons. The molecule has 1 aromatic carbocycles. The summed E-state index contributed by atoms with van der Waals surface area (Å²) in [5, 5.41) is 23.3. The van der Waals surface area contributed by atoms with Crippen LogP contribution in [0.1, 0.15) is 23.2 Å². The van der Waals surface area contributed by atoms with Gasteiger partial charge in [0.2, 0.25) is 11.9 Å². The first kappa shape index (κ1) is 23.5. The summed E-state index contributed by atoms with van der Waals surface area (Å²) in [6.45, 7) is 0.650. The van der Waals surface area contributed by atoms with Gasteiger partial charge in [0.05, 0.1) is 12.6 Å². The van der Waals surface area contributed by atoms with Crippen molar-refractivity contribution < 1.29 is 29.4 Å². The molecule has 3 heterocycles. The Labute approximate surface area is 197 Å². The lowest BCUT2D eigenvalue weighted by atomic mass is 10.1. The number of H-pyrrole nitrogens is 1. The number of carbonyl (C=O) groups is 4. The number of nitrogens with two attached hydrogens (primary N) is 1. The van der Waals surface area contributed by atoms with Crippen LogP contribution in [0.2, 0.25) is 0 Å².